The van der Waals surface area contributed by atoms with Crippen LogP contribution in [0.3, 0.4) is 0 Å². The topological polar surface area (TPSA) is 94.6 Å². The Morgan fingerprint density at radius 3 is 2.58 bits per heavy atom. The maximum atomic E-state index is 14.8. The zero-order valence-electron chi connectivity index (χ0n) is 19.6. The molecule has 2 N–H and O–H groups in total. The molecule has 1 aliphatic heterocycles. The molecule has 4 rings (SSSR count). The van der Waals surface area contributed by atoms with Crippen molar-refractivity contribution in [2.75, 3.05) is 6.61 Å². The van der Waals surface area contributed by atoms with Gasteiger partial charge < -0.3 is 19.9 Å². The molecule has 0 aliphatic carbocycles. The Balaban J connectivity index is 1.55. The Morgan fingerprint density at radius 2 is 1.89 bits per heavy atom. The number of hydrogen-bond donors (Lipinski definition) is 1. The first-order valence-corrected chi connectivity index (χ1v) is 11.9. The lowest BCUT2D eigenvalue weighted by atomic mass is 9.83. The Morgan fingerprint density at radius 1 is 1.14 bits per heavy atom. The summed E-state index contributed by atoms with van der Waals surface area (Å²) in [6, 6.07) is 17.6. The van der Waals surface area contributed by atoms with E-state index >= 15 is 0 Å². The van der Waals surface area contributed by atoms with Crippen LogP contribution >= 0.6 is 11.6 Å². The molecule has 8 heteroatoms. The number of halogens is 2. The number of allylic oxidation sites excluding steroid dienone is 1. The molecule has 3 aromatic carbocycles. The number of nitrogens with two attached hydrogens (primary N) is 1. The van der Waals surface area contributed by atoms with Gasteiger partial charge in [0, 0.05) is 22.2 Å². The average molecular weight is 507 g/mol. The maximum Gasteiger partial charge on any atom is 0.343 e. The predicted molar refractivity (Wildman–Crippen MR) is 134 cm³/mol. The number of rotatable bonds is 8. The number of esters is 1. The van der Waals surface area contributed by atoms with E-state index < -0.39 is 17.7 Å². The van der Waals surface area contributed by atoms with Crippen LogP contribution in [0.5, 0.6) is 17.2 Å². The van der Waals surface area contributed by atoms with Crippen molar-refractivity contribution in [3.63, 3.8) is 0 Å². The van der Waals surface area contributed by atoms with Gasteiger partial charge in [-0.3, -0.25) is 0 Å². The third-order valence-electron chi connectivity index (χ3n) is 5.80. The summed E-state index contributed by atoms with van der Waals surface area (Å²) in [4.78, 5) is 12.7. The number of carbonyl (C=O) groups is 1. The van der Waals surface area contributed by atoms with Crippen molar-refractivity contribution < 1.29 is 23.4 Å². The molecule has 184 valence electrons. The van der Waals surface area contributed by atoms with Gasteiger partial charge in [0.15, 0.2) is 0 Å². The van der Waals surface area contributed by atoms with Gasteiger partial charge in [-0.05, 0) is 48.9 Å². The molecule has 6 nitrogen and oxygen atoms in total. The smallest absolute Gasteiger partial charge is 0.343 e. The molecule has 1 atom stereocenters. The van der Waals surface area contributed by atoms with Crippen LogP contribution in [0.1, 0.15) is 53.6 Å². The first-order chi connectivity index (χ1) is 17.4. The minimum atomic E-state index is -0.873. The Bertz CT molecular complexity index is 1330. The zero-order valence-corrected chi connectivity index (χ0v) is 20.3. The van der Waals surface area contributed by atoms with Crippen LogP contribution in [0.15, 0.2) is 72.1 Å². The fraction of sp³-hybridized carbons (Fsp3) is 0.214. The maximum absolute atomic E-state index is 14.8. The van der Waals surface area contributed by atoms with Crippen molar-refractivity contribution in [2.24, 2.45) is 5.73 Å². The molecule has 0 bridgehead atoms. The highest BCUT2D eigenvalue weighted by Gasteiger charge is 2.34. The highest BCUT2D eigenvalue weighted by atomic mass is 35.5. The fourth-order valence-electron chi connectivity index (χ4n) is 3.98. The zero-order chi connectivity index (χ0) is 25.7. The Hall–Kier alpha value is -4.02. The van der Waals surface area contributed by atoms with Gasteiger partial charge in [-0.15, -0.1) is 0 Å². The second kappa shape index (κ2) is 11.1. The number of fused-ring (bicyclic) bond motifs is 1. The van der Waals surface area contributed by atoms with E-state index in [1.165, 1.54) is 24.3 Å². The summed E-state index contributed by atoms with van der Waals surface area (Å²) < 4.78 is 31.6. The van der Waals surface area contributed by atoms with E-state index in [4.69, 9.17) is 31.5 Å². The van der Waals surface area contributed by atoms with E-state index in [9.17, 15) is 14.4 Å². The van der Waals surface area contributed by atoms with E-state index in [0.717, 1.165) is 19.3 Å². The summed E-state index contributed by atoms with van der Waals surface area (Å²) in [5.41, 5.74) is 6.96. The molecule has 0 radical (unpaired) electrons. The largest absolute Gasteiger partial charge is 0.494 e. The highest BCUT2D eigenvalue weighted by molar-refractivity contribution is 6.31. The predicted octanol–water partition coefficient (Wildman–Crippen LogP) is 6.49. The van der Waals surface area contributed by atoms with Crippen LogP contribution in [0.25, 0.3) is 0 Å². The lowest BCUT2D eigenvalue weighted by molar-refractivity contribution is 0.0734. The van der Waals surface area contributed by atoms with E-state index in [0.29, 0.717) is 23.5 Å². The number of ether oxygens (including phenoxy) is 3. The number of nitrogens with zero attached hydrogens (tertiary/aromatic N) is 1. The second-order valence-corrected chi connectivity index (χ2v) is 8.64. The molecule has 0 saturated carbocycles. The van der Waals surface area contributed by atoms with E-state index in [-0.39, 0.29) is 33.5 Å². The lowest BCUT2D eigenvalue weighted by Gasteiger charge is -2.27. The number of nitriles is 1. The normalized spacial score (nSPS) is 14.4. The lowest BCUT2D eigenvalue weighted by Crippen LogP contribution is -2.22. The Kier molecular flexibility index (Phi) is 7.77. The molecule has 0 saturated heterocycles. The van der Waals surface area contributed by atoms with Crippen molar-refractivity contribution in [2.45, 2.75) is 32.1 Å². The number of benzene rings is 3. The molecule has 0 spiro atoms. The van der Waals surface area contributed by atoms with Crippen molar-refractivity contribution in [3.8, 4) is 23.3 Å². The van der Waals surface area contributed by atoms with Crippen molar-refractivity contribution in [1.82, 2.24) is 0 Å². The van der Waals surface area contributed by atoms with Gasteiger partial charge in [0.25, 0.3) is 0 Å². The van der Waals surface area contributed by atoms with Crippen LogP contribution in [0.2, 0.25) is 5.02 Å². The molecular weight excluding hydrogens is 483 g/mol. The fourth-order valence-corrected chi connectivity index (χ4v) is 4.25. The average Bonchev–Trinajstić information content (AvgIpc) is 2.86. The summed E-state index contributed by atoms with van der Waals surface area (Å²) in [5.74, 6) is -1.08. The van der Waals surface area contributed by atoms with Gasteiger partial charge in [-0.2, -0.15) is 5.26 Å². The van der Waals surface area contributed by atoms with Crippen LogP contribution < -0.4 is 19.9 Å². The van der Waals surface area contributed by atoms with Crippen molar-refractivity contribution >= 4 is 17.6 Å². The summed E-state index contributed by atoms with van der Waals surface area (Å²) in [6.07, 6.45) is 3.18. The summed E-state index contributed by atoms with van der Waals surface area (Å²) in [6.45, 7) is 2.75. The van der Waals surface area contributed by atoms with Gasteiger partial charge in [0.1, 0.15) is 34.7 Å². The molecule has 36 heavy (non-hydrogen) atoms. The number of carbonyl (C=O) groups excluding carboxylic acids is 1. The molecule has 1 heterocycles. The number of hydrogen-bond acceptors (Lipinski definition) is 6. The highest BCUT2D eigenvalue weighted by Crippen LogP contribution is 2.46. The van der Waals surface area contributed by atoms with Gasteiger partial charge >= 0.3 is 5.97 Å². The quantitative estimate of drug-likeness (QED) is 0.213. The first-order valence-electron chi connectivity index (χ1n) is 11.5. The SMILES string of the molecule is CCCCCOc1ccc(C(=O)Oc2ccc3c(c2)OC(N)=C(C#N)C3c2c(F)cccc2Cl)cc1. The Labute approximate surface area is 213 Å². The van der Waals surface area contributed by atoms with Crippen molar-refractivity contribution in [3.05, 3.63) is 99.7 Å². The van der Waals surface area contributed by atoms with E-state index in [1.54, 1.807) is 36.4 Å². The van der Waals surface area contributed by atoms with Crippen LogP contribution in [-0.4, -0.2) is 12.6 Å². The second-order valence-electron chi connectivity index (χ2n) is 8.23. The third kappa shape index (κ3) is 5.29. The standard InChI is InChI=1S/C28H24ClFN2O4/c1-2-3-4-14-34-18-10-8-17(9-11-18)28(33)35-19-12-13-20-24(15-19)36-27(32)21(16-31)25(20)26-22(29)6-5-7-23(26)30/h5-13,15,25H,2-4,14,32H2,1H3. The molecule has 1 aliphatic rings. The minimum Gasteiger partial charge on any atom is -0.494 e. The van der Waals surface area contributed by atoms with Crippen molar-refractivity contribution in [1.29, 1.82) is 5.26 Å². The van der Waals surface area contributed by atoms with Gasteiger partial charge in [0.2, 0.25) is 5.88 Å². The van der Waals surface area contributed by atoms with Crippen LogP contribution in [0, 0.1) is 17.1 Å². The molecule has 0 amide bonds. The minimum absolute atomic E-state index is 0.0382. The van der Waals surface area contributed by atoms with Crippen LogP contribution in [-0.2, 0) is 0 Å². The van der Waals surface area contributed by atoms with Gasteiger partial charge in [-0.1, -0.05) is 43.5 Å². The summed E-state index contributed by atoms with van der Waals surface area (Å²) in [7, 11) is 0. The summed E-state index contributed by atoms with van der Waals surface area (Å²) in [5, 5.41) is 9.83. The molecule has 0 aromatic heterocycles. The first kappa shape index (κ1) is 25.1. The van der Waals surface area contributed by atoms with Crippen LogP contribution in [0.4, 0.5) is 4.39 Å². The molecule has 1 unspecified atom stereocenters. The molecule has 3 aromatic rings. The number of unbranched alkanes of at least 4 members (excludes halogenated alkanes) is 2. The van der Waals surface area contributed by atoms with Gasteiger partial charge in [-0.25, -0.2) is 9.18 Å². The molecule has 0 fully saturated rings. The van der Waals surface area contributed by atoms with E-state index in [1.807, 2.05) is 6.07 Å². The summed E-state index contributed by atoms with van der Waals surface area (Å²) >= 11 is 6.29. The van der Waals surface area contributed by atoms with E-state index in [2.05, 4.69) is 6.92 Å². The third-order valence-corrected chi connectivity index (χ3v) is 6.13. The molecular formula is C28H24ClFN2O4. The monoisotopic (exact) mass is 506 g/mol. The van der Waals surface area contributed by atoms with Gasteiger partial charge in [0.05, 0.1) is 18.1 Å².